The molecule has 2 bridgehead atoms. The maximum Gasteiger partial charge on any atom is 0.365 e. The van der Waals surface area contributed by atoms with Gasteiger partial charge in [0.2, 0.25) is 5.91 Å². The fourth-order valence-electron chi connectivity index (χ4n) is 5.86. The molecule has 2 fully saturated rings. The summed E-state index contributed by atoms with van der Waals surface area (Å²) in [7, 11) is 0. The number of fused-ring (bicyclic) bond motifs is 2. The average Bonchev–Trinajstić information content (AvgIpc) is 3.27. The molecule has 2 aliphatic carbocycles. The van der Waals surface area contributed by atoms with Gasteiger partial charge in [-0.25, -0.2) is 4.79 Å². The Bertz CT molecular complexity index is 1520. The minimum atomic E-state index is -0.730. The van der Waals surface area contributed by atoms with Crippen LogP contribution >= 0.6 is 0 Å². The van der Waals surface area contributed by atoms with Crippen molar-refractivity contribution >= 4 is 40.3 Å². The van der Waals surface area contributed by atoms with Gasteiger partial charge in [0, 0.05) is 29.7 Å². The molecule has 0 heterocycles. The summed E-state index contributed by atoms with van der Waals surface area (Å²) in [4.78, 5) is 41.9. The molecule has 0 radical (unpaired) electrons. The van der Waals surface area contributed by atoms with E-state index in [1.54, 1.807) is 24.3 Å². The topological polar surface area (TPSA) is 136 Å². The maximum absolute atomic E-state index is 13.8. The molecule has 0 aliphatic heterocycles. The van der Waals surface area contributed by atoms with Crippen LogP contribution in [0.1, 0.15) is 50.4 Å². The van der Waals surface area contributed by atoms with Crippen LogP contribution in [0.5, 0.6) is 0 Å². The Kier molecular flexibility index (Phi) is 6.79. The van der Waals surface area contributed by atoms with Crippen LogP contribution in [0.2, 0.25) is 0 Å². The first kappa shape index (κ1) is 26.9. The third kappa shape index (κ3) is 4.55. The van der Waals surface area contributed by atoms with Crippen LogP contribution in [0.25, 0.3) is 0 Å². The molecular formula is C30H29N5O5. The first-order chi connectivity index (χ1) is 19.1. The van der Waals surface area contributed by atoms with Gasteiger partial charge in [-0.1, -0.05) is 44.1 Å². The highest BCUT2D eigenvalue weighted by Crippen LogP contribution is 2.71. The van der Waals surface area contributed by atoms with Crippen LogP contribution in [0, 0.1) is 26.4 Å². The fraction of sp³-hybridized carbons (Fsp3) is 0.300. The van der Waals surface area contributed by atoms with E-state index in [0.717, 1.165) is 12.1 Å². The SMILES string of the molecule is CC12CCC(C(=O)Nc3ccc(N=Nc4ccccc4)cc3)(CC1=NOC(=O)c1ccc([N+](=O)[O-])cc1)C2(C)C. The molecule has 40 heavy (non-hydrogen) atoms. The molecule has 0 aromatic heterocycles. The van der Waals surface area contributed by atoms with Gasteiger partial charge >= 0.3 is 5.97 Å². The number of nitro groups is 1. The van der Waals surface area contributed by atoms with Crippen molar-refractivity contribution in [2.24, 2.45) is 31.6 Å². The monoisotopic (exact) mass is 539 g/mol. The van der Waals surface area contributed by atoms with Crippen molar-refractivity contribution in [3.8, 4) is 0 Å². The van der Waals surface area contributed by atoms with Gasteiger partial charge in [0.25, 0.3) is 5.69 Å². The van der Waals surface area contributed by atoms with Gasteiger partial charge in [0.15, 0.2) is 0 Å². The summed E-state index contributed by atoms with van der Waals surface area (Å²) in [5.74, 6) is -0.818. The van der Waals surface area contributed by atoms with E-state index in [1.165, 1.54) is 24.3 Å². The second-order valence-corrected chi connectivity index (χ2v) is 11.0. The minimum Gasteiger partial charge on any atom is -0.326 e. The van der Waals surface area contributed by atoms with E-state index in [9.17, 15) is 19.7 Å². The van der Waals surface area contributed by atoms with Crippen molar-refractivity contribution < 1.29 is 19.3 Å². The van der Waals surface area contributed by atoms with Crippen LogP contribution in [0.4, 0.5) is 22.7 Å². The van der Waals surface area contributed by atoms with Gasteiger partial charge in [-0.15, -0.1) is 0 Å². The largest absolute Gasteiger partial charge is 0.365 e. The number of carbonyl (C=O) groups is 2. The third-order valence-electron chi connectivity index (χ3n) is 8.88. The van der Waals surface area contributed by atoms with Crippen molar-refractivity contribution in [3.63, 3.8) is 0 Å². The molecule has 0 spiro atoms. The summed E-state index contributed by atoms with van der Waals surface area (Å²) < 4.78 is 0. The number of carbonyl (C=O) groups excluding carboxylic acids is 2. The predicted molar refractivity (Wildman–Crippen MR) is 150 cm³/mol. The molecule has 3 aromatic rings. The second kappa shape index (κ2) is 10.1. The van der Waals surface area contributed by atoms with E-state index in [1.807, 2.05) is 30.3 Å². The lowest BCUT2D eigenvalue weighted by molar-refractivity contribution is -0.384. The number of non-ortho nitro benzene ring substituents is 1. The molecule has 2 saturated carbocycles. The number of anilines is 1. The molecule has 1 N–H and O–H groups in total. The Morgan fingerprint density at radius 1 is 0.875 bits per heavy atom. The molecule has 0 saturated heterocycles. The molecule has 3 aromatic carbocycles. The highest BCUT2D eigenvalue weighted by atomic mass is 16.7. The van der Waals surface area contributed by atoms with Crippen LogP contribution < -0.4 is 5.32 Å². The Morgan fingerprint density at radius 3 is 2.12 bits per heavy atom. The molecule has 2 atom stereocenters. The number of oxime groups is 1. The molecular weight excluding hydrogens is 510 g/mol. The van der Waals surface area contributed by atoms with Crippen molar-refractivity contribution in [1.29, 1.82) is 0 Å². The molecule has 2 aliphatic rings. The van der Waals surface area contributed by atoms with Gasteiger partial charge in [0.1, 0.15) is 0 Å². The maximum atomic E-state index is 13.8. The number of hydrogen-bond donors (Lipinski definition) is 1. The fourth-order valence-corrected chi connectivity index (χ4v) is 5.86. The van der Waals surface area contributed by atoms with Crippen molar-refractivity contribution in [1.82, 2.24) is 0 Å². The normalized spacial score (nSPS) is 23.8. The van der Waals surface area contributed by atoms with E-state index >= 15 is 0 Å². The quantitative estimate of drug-likeness (QED) is 0.145. The third-order valence-corrected chi connectivity index (χ3v) is 8.88. The standard InChI is InChI=1S/C30H29N5O5/c1-28(2)29(3)17-18-30(28,19-25(29)34-40-26(36)20-9-15-24(16-10-20)35(38)39)27(37)31-21-11-13-23(14-12-21)33-32-22-7-5-4-6-8-22/h4-16H,17-19H2,1-3H3,(H,31,37). The van der Waals surface area contributed by atoms with Gasteiger partial charge in [-0.3, -0.25) is 14.9 Å². The lowest BCUT2D eigenvalue weighted by atomic mass is 9.64. The van der Waals surface area contributed by atoms with Crippen molar-refractivity contribution in [2.45, 2.75) is 40.0 Å². The van der Waals surface area contributed by atoms with E-state index in [4.69, 9.17) is 4.84 Å². The van der Waals surface area contributed by atoms with Crippen molar-refractivity contribution in [3.05, 3.63) is 94.5 Å². The summed E-state index contributed by atoms with van der Waals surface area (Å²) in [6.07, 6.45) is 1.76. The number of benzene rings is 3. The molecule has 1 amide bonds. The van der Waals surface area contributed by atoms with E-state index in [2.05, 4.69) is 41.5 Å². The zero-order valence-electron chi connectivity index (χ0n) is 22.5. The average molecular weight is 540 g/mol. The van der Waals surface area contributed by atoms with Gasteiger partial charge in [-0.2, -0.15) is 10.2 Å². The summed E-state index contributed by atoms with van der Waals surface area (Å²) >= 11 is 0. The number of nitrogens with one attached hydrogen (secondary N) is 1. The Hall–Kier alpha value is -4.73. The van der Waals surface area contributed by atoms with Crippen molar-refractivity contribution in [2.75, 3.05) is 5.32 Å². The zero-order chi connectivity index (χ0) is 28.5. The predicted octanol–water partition coefficient (Wildman–Crippen LogP) is 7.38. The number of hydrogen-bond acceptors (Lipinski definition) is 8. The first-order valence-electron chi connectivity index (χ1n) is 13.0. The minimum absolute atomic E-state index is 0.105. The Balaban J connectivity index is 1.29. The number of nitrogens with zero attached hydrogens (tertiary/aromatic N) is 4. The number of azo groups is 1. The van der Waals surface area contributed by atoms with Crippen LogP contribution in [-0.2, 0) is 9.63 Å². The van der Waals surface area contributed by atoms with Crippen LogP contribution in [0.15, 0.2) is 94.2 Å². The summed E-state index contributed by atoms with van der Waals surface area (Å²) in [5, 5.41) is 26.6. The Labute approximate surface area is 231 Å². The number of amides is 1. The molecule has 10 heteroatoms. The molecule has 10 nitrogen and oxygen atoms in total. The smallest absolute Gasteiger partial charge is 0.326 e. The summed E-state index contributed by atoms with van der Waals surface area (Å²) in [6, 6.07) is 21.8. The lowest BCUT2D eigenvalue weighted by Gasteiger charge is -2.39. The van der Waals surface area contributed by atoms with E-state index in [-0.39, 0.29) is 17.2 Å². The van der Waals surface area contributed by atoms with E-state index in [0.29, 0.717) is 29.9 Å². The summed E-state index contributed by atoms with van der Waals surface area (Å²) in [6.45, 7) is 6.18. The molecule has 204 valence electrons. The highest BCUT2D eigenvalue weighted by molar-refractivity contribution is 6.06. The first-order valence-corrected chi connectivity index (χ1v) is 13.0. The highest BCUT2D eigenvalue weighted by Gasteiger charge is 2.71. The second-order valence-electron chi connectivity index (χ2n) is 11.0. The zero-order valence-corrected chi connectivity index (χ0v) is 22.5. The Morgan fingerprint density at radius 2 is 1.50 bits per heavy atom. The molecule has 5 rings (SSSR count). The lowest BCUT2D eigenvalue weighted by Crippen LogP contribution is -2.43. The van der Waals surface area contributed by atoms with E-state index < -0.39 is 27.1 Å². The number of rotatable bonds is 7. The van der Waals surface area contributed by atoms with Gasteiger partial charge < -0.3 is 10.2 Å². The molecule has 2 unspecified atom stereocenters. The van der Waals surface area contributed by atoms with Crippen LogP contribution in [0.3, 0.4) is 0 Å². The van der Waals surface area contributed by atoms with Gasteiger partial charge in [0.05, 0.1) is 33.0 Å². The van der Waals surface area contributed by atoms with Crippen LogP contribution in [-0.4, -0.2) is 22.5 Å². The summed E-state index contributed by atoms with van der Waals surface area (Å²) in [5.41, 5.74) is 1.14. The number of nitro benzene ring substituents is 1. The van der Waals surface area contributed by atoms with Gasteiger partial charge in [-0.05, 0) is 66.8 Å².